The van der Waals surface area contributed by atoms with Crippen LogP contribution < -0.4 is 15.4 Å². The van der Waals surface area contributed by atoms with E-state index in [-0.39, 0.29) is 17.9 Å². The van der Waals surface area contributed by atoms with Crippen molar-refractivity contribution in [2.45, 2.75) is 39.8 Å². The van der Waals surface area contributed by atoms with Gasteiger partial charge in [0.1, 0.15) is 5.75 Å². The topological polar surface area (TPSA) is 67.4 Å². The summed E-state index contributed by atoms with van der Waals surface area (Å²) in [4.78, 5) is 24.3. The van der Waals surface area contributed by atoms with E-state index >= 15 is 0 Å². The molecule has 0 radical (unpaired) electrons. The monoisotopic (exact) mass is 412 g/mol. The SMILES string of the molecule is CC(C)=CC(=O)NCc1ccc(C(=O)NC(C)c2cc(Cl)cc3c2OCC3)cc1. The fraction of sp³-hybridized carbons (Fsp3) is 0.304. The van der Waals surface area contributed by atoms with Crippen LogP contribution in [-0.4, -0.2) is 18.4 Å². The lowest BCUT2D eigenvalue weighted by Crippen LogP contribution is -2.27. The zero-order chi connectivity index (χ0) is 21.0. The van der Waals surface area contributed by atoms with E-state index in [1.807, 2.05) is 45.0 Å². The predicted octanol–water partition coefficient (Wildman–Crippen LogP) is 4.35. The molecule has 1 aliphatic heterocycles. The van der Waals surface area contributed by atoms with Gasteiger partial charge in [0.05, 0.1) is 12.6 Å². The lowest BCUT2D eigenvalue weighted by molar-refractivity contribution is -0.116. The molecule has 2 amide bonds. The van der Waals surface area contributed by atoms with Crippen LogP contribution >= 0.6 is 11.6 Å². The summed E-state index contributed by atoms with van der Waals surface area (Å²) in [5, 5.41) is 6.47. The number of carbonyl (C=O) groups excluding carboxylic acids is 2. The third-order valence-electron chi connectivity index (χ3n) is 4.69. The van der Waals surface area contributed by atoms with Crippen molar-refractivity contribution >= 4 is 23.4 Å². The van der Waals surface area contributed by atoms with Crippen molar-refractivity contribution in [1.29, 1.82) is 0 Å². The average molecular weight is 413 g/mol. The van der Waals surface area contributed by atoms with Crippen molar-refractivity contribution < 1.29 is 14.3 Å². The Morgan fingerprint density at radius 1 is 1.21 bits per heavy atom. The highest BCUT2D eigenvalue weighted by Gasteiger charge is 2.22. The molecule has 0 bridgehead atoms. The highest BCUT2D eigenvalue weighted by Crippen LogP contribution is 2.36. The molecule has 0 fully saturated rings. The first-order valence-electron chi connectivity index (χ1n) is 9.61. The maximum atomic E-state index is 12.6. The van der Waals surface area contributed by atoms with Gasteiger partial charge in [-0.15, -0.1) is 0 Å². The Balaban J connectivity index is 1.63. The zero-order valence-corrected chi connectivity index (χ0v) is 17.6. The van der Waals surface area contributed by atoms with Gasteiger partial charge in [0.2, 0.25) is 5.91 Å². The number of hydrogen-bond acceptors (Lipinski definition) is 3. The molecule has 0 aromatic heterocycles. The minimum Gasteiger partial charge on any atom is -0.493 e. The largest absolute Gasteiger partial charge is 0.493 e. The van der Waals surface area contributed by atoms with Crippen molar-refractivity contribution in [3.8, 4) is 5.75 Å². The van der Waals surface area contributed by atoms with Gasteiger partial charge in [-0.25, -0.2) is 0 Å². The molecule has 2 N–H and O–H groups in total. The summed E-state index contributed by atoms with van der Waals surface area (Å²) >= 11 is 6.22. The summed E-state index contributed by atoms with van der Waals surface area (Å²) in [5.74, 6) is 0.519. The van der Waals surface area contributed by atoms with Crippen molar-refractivity contribution in [2.75, 3.05) is 6.61 Å². The van der Waals surface area contributed by atoms with E-state index in [0.717, 1.165) is 34.4 Å². The number of fused-ring (bicyclic) bond motifs is 1. The first-order chi connectivity index (χ1) is 13.8. The third kappa shape index (κ3) is 5.39. The molecule has 0 spiro atoms. The molecular formula is C23H25ClN2O3. The maximum absolute atomic E-state index is 12.6. The van der Waals surface area contributed by atoms with E-state index in [1.165, 1.54) is 0 Å². The van der Waals surface area contributed by atoms with Gasteiger partial charge in [-0.05, 0) is 56.2 Å². The van der Waals surface area contributed by atoms with Crippen LogP contribution in [-0.2, 0) is 17.8 Å². The average Bonchev–Trinajstić information content (AvgIpc) is 3.13. The van der Waals surface area contributed by atoms with E-state index in [2.05, 4.69) is 10.6 Å². The molecule has 1 heterocycles. The molecule has 3 rings (SSSR count). The minimum absolute atomic E-state index is 0.128. The predicted molar refractivity (Wildman–Crippen MR) is 114 cm³/mol. The second-order valence-electron chi connectivity index (χ2n) is 7.41. The highest BCUT2D eigenvalue weighted by atomic mass is 35.5. The third-order valence-corrected chi connectivity index (χ3v) is 4.91. The first kappa shape index (κ1) is 20.9. The Bertz CT molecular complexity index is 947. The van der Waals surface area contributed by atoms with Gasteiger partial charge in [-0.3, -0.25) is 9.59 Å². The standard InChI is InChI=1S/C23H25ClN2O3/c1-14(2)10-21(27)25-13-16-4-6-17(7-5-16)23(28)26-15(3)20-12-19(24)11-18-8-9-29-22(18)20/h4-7,10-12,15H,8-9,13H2,1-3H3,(H,25,27)(H,26,28). The second kappa shape index (κ2) is 9.14. The molecular weight excluding hydrogens is 388 g/mol. The van der Waals surface area contributed by atoms with Crippen molar-refractivity contribution in [1.82, 2.24) is 10.6 Å². The van der Waals surface area contributed by atoms with Crippen LogP contribution in [0, 0.1) is 0 Å². The Labute approximate surface area is 176 Å². The smallest absolute Gasteiger partial charge is 0.251 e. The Hall–Kier alpha value is -2.79. The van der Waals surface area contributed by atoms with Gasteiger partial charge in [-0.2, -0.15) is 0 Å². The number of ether oxygens (including phenoxy) is 1. The van der Waals surface area contributed by atoms with Gasteiger partial charge < -0.3 is 15.4 Å². The molecule has 2 aromatic rings. The number of carbonyl (C=O) groups is 2. The molecule has 0 aliphatic carbocycles. The van der Waals surface area contributed by atoms with Crippen LogP contribution in [0.15, 0.2) is 48.0 Å². The summed E-state index contributed by atoms with van der Waals surface area (Å²) in [6, 6.07) is 10.7. The van der Waals surface area contributed by atoms with E-state index in [9.17, 15) is 9.59 Å². The van der Waals surface area contributed by atoms with Crippen LogP contribution in [0.25, 0.3) is 0 Å². The summed E-state index contributed by atoms with van der Waals surface area (Å²) in [6.45, 7) is 6.70. The van der Waals surface area contributed by atoms with Crippen LogP contribution in [0.4, 0.5) is 0 Å². The minimum atomic E-state index is -0.240. The van der Waals surface area contributed by atoms with E-state index in [0.29, 0.717) is 23.7 Å². The highest BCUT2D eigenvalue weighted by molar-refractivity contribution is 6.30. The summed E-state index contributed by atoms with van der Waals surface area (Å²) in [7, 11) is 0. The van der Waals surface area contributed by atoms with Crippen molar-refractivity contribution in [3.63, 3.8) is 0 Å². The summed E-state index contributed by atoms with van der Waals surface area (Å²) < 4.78 is 5.73. The molecule has 0 saturated carbocycles. The molecule has 0 saturated heterocycles. The van der Waals surface area contributed by atoms with E-state index in [4.69, 9.17) is 16.3 Å². The Kier molecular flexibility index (Phi) is 6.60. The zero-order valence-electron chi connectivity index (χ0n) is 16.8. The van der Waals surface area contributed by atoms with Crippen LogP contribution in [0.3, 0.4) is 0 Å². The van der Waals surface area contributed by atoms with Gasteiger partial charge >= 0.3 is 0 Å². The van der Waals surface area contributed by atoms with E-state index in [1.54, 1.807) is 18.2 Å². The number of rotatable bonds is 6. The summed E-state index contributed by atoms with van der Waals surface area (Å²) in [5.41, 5.74) is 4.38. The van der Waals surface area contributed by atoms with Gasteiger partial charge in [0.15, 0.2) is 0 Å². The molecule has 5 nitrogen and oxygen atoms in total. The molecule has 1 unspecified atom stereocenters. The van der Waals surface area contributed by atoms with Crippen LogP contribution in [0.1, 0.15) is 53.9 Å². The Morgan fingerprint density at radius 2 is 1.93 bits per heavy atom. The number of benzene rings is 2. The number of amides is 2. The van der Waals surface area contributed by atoms with Gasteiger partial charge in [-0.1, -0.05) is 29.3 Å². The number of allylic oxidation sites excluding steroid dienone is 1. The molecule has 1 aliphatic rings. The maximum Gasteiger partial charge on any atom is 0.251 e. The molecule has 6 heteroatoms. The molecule has 1 atom stereocenters. The molecule has 29 heavy (non-hydrogen) atoms. The van der Waals surface area contributed by atoms with Crippen LogP contribution in [0.2, 0.25) is 5.02 Å². The molecule has 152 valence electrons. The summed E-state index contributed by atoms with van der Waals surface area (Å²) in [6.07, 6.45) is 2.38. The first-order valence-corrected chi connectivity index (χ1v) is 9.99. The lowest BCUT2D eigenvalue weighted by Gasteiger charge is -2.18. The quantitative estimate of drug-likeness (QED) is 0.693. The van der Waals surface area contributed by atoms with Gasteiger partial charge in [0.25, 0.3) is 5.91 Å². The van der Waals surface area contributed by atoms with Crippen LogP contribution in [0.5, 0.6) is 5.75 Å². The number of hydrogen-bond donors (Lipinski definition) is 2. The van der Waals surface area contributed by atoms with Crippen molar-refractivity contribution in [2.24, 2.45) is 0 Å². The fourth-order valence-electron chi connectivity index (χ4n) is 3.25. The van der Waals surface area contributed by atoms with E-state index < -0.39 is 0 Å². The molecule has 2 aromatic carbocycles. The lowest BCUT2D eigenvalue weighted by atomic mass is 10.0. The van der Waals surface area contributed by atoms with Crippen molar-refractivity contribution in [3.05, 3.63) is 75.3 Å². The Morgan fingerprint density at radius 3 is 2.62 bits per heavy atom. The fourth-order valence-corrected chi connectivity index (χ4v) is 3.50. The number of nitrogens with one attached hydrogen (secondary N) is 2. The normalized spacial score (nSPS) is 13.1. The number of halogens is 1. The van der Waals surface area contributed by atoms with Gasteiger partial charge in [0, 0.05) is 35.2 Å². The second-order valence-corrected chi connectivity index (χ2v) is 7.85.